The molecule has 1 atom stereocenters. The summed E-state index contributed by atoms with van der Waals surface area (Å²) in [5.74, 6) is -0.0597. The number of unbranched alkanes of at least 4 members (excludes halogenated alkanes) is 3. The maximum atomic E-state index is 12.3. The van der Waals surface area contributed by atoms with Gasteiger partial charge in [0.15, 0.2) is 0 Å². The molecule has 0 fully saturated rings. The van der Waals surface area contributed by atoms with Crippen molar-refractivity contribution in [3.63, 3.8) is 0 Å². The van der Waals surface area contributed by atoms with Gasteiger partial charge in [0.1, 0.15) is 6.29 Å². The van der Waals surface area contributed by atoms with E-state index in [-0.39, 0.29) is 11.3 Å². The first-order valence-corrected chi connectivity index (χ1v) is 10.5. The Bertz CT molecular complexity index is 704. The van der Waals surface area contributed by atoms with Crippen LogP contribution in [0.2, 0.25) is 0 Å². The molecule has 2 heteroatoms. The molecule has 2 aromatic carbocycles. The molecule has 1 aliphatic rings. The Morgan fingerprint density at radius 2 is 1.48 bits per heavy atom. The van der Waals surface area contributed by atoms with Gasteiger partial charge in [0.05, 0.1) is 12.0 Å². The quantitative estimate of drug-likeness (QED) is 0.352. The highest BCUT2D eigenvalue weighted by atomic mass is 16.5. The highest BCUT2D eigenvalue weighted by molar-refractivity contribution is 5.83. The third kappa shape index (κ3) is 3.73. The van der Waals surface area contributed by atoms with Gasteiger partial charge in [-0.15, -0.1) is 0 Å². The standard InChI is InChI=1S/C25H32O2/c1-3-5-7-12-20(18-26)25(19-27-17-6-4-2)23-15-10-8-13-21(23)22-14-9-11-16-24(22)25/h8-11,13-16,18,20H,3-7,12,17,19H2,1-2H3. The molecular formula is C25H32O2. The number of benzene rings is 2. The topological polar surface area (TPSA) is 26.3 Å². The van der Waals surface area contributed by atoms with Gasteiger partial charge in [0.25, 0.3) is 0 Å². The molecule has 0 N–H and O–H groups in total. The number of fused-ring (bicyclic) bond motifs is 3. The number of hydrogen-bond acceptors (Lipinski definition) is 2. The average Bonchev–Trinajstić information content (AvgIpc) is 3.00. The largest absolute Gasteiger partial charge is 0.380 e. The molecule has 0 heterocycles. The Hall–Kier alpha value is -1.93. The smallest absolute Gasteiger partial charge is 0.124 e. The van der Waals surface area contributed by atoms with Gasteiger partial charge >= 0.3 is 0 Å². The van der Waals surface area contributed by atoms with Gasteiger partial charge in [-0.05, 0) is 35.1 Å². The van der Waals surface area contributed by atoms with E-state index in [0.717, 1.165) is 32.3 Å². The SMILES string of the molecule is CCCCCC(C=O)C1(COCCCC)c2ccccc2-c2ccccc21. The van der Waals surface area contributed by atoms with Crippen LogP contribution in [0.5, 0.6) is 0 Å². The Balaban J connectivity index is 2.07. The van der Waals surface area contributed by atoms with E-state index in [2.05, 4.69) is 62.4 Å². The van der Waals surface area contributed by atoms with Crippen molar-refractivity contribution in [3.05, 3.63) is 59.7 Å². The Kier molecular flexibility index (Phi) is 6.84. The van der Waals surface area contributed by atoms with Crippen LogP contribution in [0.25, 0.3) is 11.1 Å². The van der Waals surface area contributed by atoms with Crippen molar-refractivity contribution in [2.24, 2.45) is 5.92 Å². The fourth-order valence-electron chi connectivity index (χ4n) is 4.55. The molecule has 27 heavy (non-hydrogen) atoms. The lowest BCUT2D eigenvalue weighted by molar-refractivity contribution is -0.113. The maximum Gasteiger partial charge on any atom is 0.124 e. The van der Waals surface area contributed by atoms with Crippen LogP contribution in [0, 0.1) is 5.92 Å². The number of carbonyl (C=O) groups excluding carboxylic acids is 1. The second-order valence-electron chi connectivity index (χ2n) is 7.71. The molecule has 3 rings (SSSR count). The van der Waals surface area contributed by atoms with Crippen LogP contribution in [0.1, 0.15) is 63.5 Å². The molecule has 144 valence electrons. The van der Waals surface area contributed by atoms with Gasteiger partial charge in [0, 0.05) is 12.5 Å². The summed E-state index contributed by atoms with van der Waals surface area (Å²) in [6.07, 6.45) is 7.70. The second kappa shape index (κ2) is 9.32. The minimum atomic E-state index is -0.365. The predicted octanol–water partition coefficient (Wildman–Crippen LogP) is 6.17. The fourth-order valence-corrected chi connectivity index (χ4v) is 4.55. The van der Waals surface area contributed by atoms with E-state index >= 15 is 0 Å². The van der Waals surface area contributed by atoms with Crippen LogP contribution in [0.4, 0.5) is 0 Å². The lowest BCUT2D eigenvalue weighted by Crippen LogP contribution is -2.40. The molecule has 0 radical (unpaired) electrons. The van der Waals surface area contributed by atoms with Gasteiger partial charge in [-0.2, -0.15) is 0 Å². The van der Waals surface area contributed by atoms with E-state index in [1.165, 1.54) is 41.4 Å². The van der Waals surface area contributed by atoms with Crippen molar-refractivity contribution in [2.75, 3.05) is 13.2 Å². The summed E-state index contributed by atoms with van der Waals surface area (Å²) in [7, 11) is 0. The van der Waals surface area contributed by atoms with E-state index < -0.39 is 0 Å². The lowest BCUT2D eigenvalue weighted by Gasteiger charge is -2.37. The highest BCUT2D eigenvalue weighted by Gasteiger charge is 2.48. The summed E-state index contributed by atoms with van der Waals surface area (Å²) in [5.41, 5.74) is 4.67. The van der Waals surface area contributed by atoms with Crippen LogP contribution in [0.3, 0.4) is 0 Å². The molecule has 0 aliphatic heterocycles. The molecule has 2 nitrogen and oxygen atoms in total. The van der Waals surface area contributed by atoms with Gasteiger partial charge in [0.2, 0.25) is 0 Å². The zero-order valence-electron chi connectivity index (χ0n) is 16.7. The van der Waals surface area contributed by atoms with Crippen molar-refractivity contribution in [1.29, 1.82) is 0 Å². The number of aldehydes is 1. The monoisotopic (exact) mass is 364 g/mol. The molecule has 1 aliphatic carbocycles. The van der Waals surface area contributed by atoms with Crippen LogP contribution >= 0.6 is 0 Å². The summed E-state index contributed by atoms with van der Waals surface area (Å²) in [5, 5.41) is 0. The van der Waals surface area contributed by atoms with Crippen LogP contribution in [-0.4, -0.2) is 19.5 Å². The van der Waals surface area contributed by atoms with Gasteiger partial charge in [-0.3, -0.25) is 0 Å². The van der Waals surface area contributed by atoms with Gasteiger partial charge < -0.3 is 9.53 Å². The number of rotatable bonds is 11. The van der Waals surface area contributed by atoms with Crippen LogP contribution < -0.4 is 0 Å². The number of hydrogen-bond donors (Lipinski definition) is 0. The van der Waals surface area contributed by atoms with Crippen molar-refractivity contribution < 1.29 is 9.53 Å². The molecular weight excluding hydrogens is 332 g/mol. The average molecular weight is 365 g/mol. The van der Waals surface area contributed by atoms with Crippen LogP contribution in [0.15, 0.2) is 48.5 Å². The maximum absolute atomic E-state index is 12.3. The molecule has 0 bridgehead atoms. The van der Waals surface area contributed by atoms with Gasteiger partial charge in [-0.25, -0.2) is 0 Å². The molecule has 0 aromatic heterocycles. The Morgan fingerprint density at radius 3 is 2.04 bits per heavy atom. The van der Waals surface area contributed by atoms with E-state index in [1.807, 2.05) is 0 Å². The fraction of sp³-hybridized carbons (Fsp3) is 0.480. The molecule has 1 unspecified atom stereocenters. The van der Waals surface area contributed by atoms with E-state index in [4.69, 9.17) is 4.74 Å². The summed E-state index contributed by atoms with van der Waals surface area (Å²) in [6.45, 7) is 5.72. The first-order chi connectivity index (χ1) is 13.3. The summed E-state index contributed by atoms with van der Waals surface area (Å²) in [4.78, 5) is 12.3. The summed E-state index contributed by atoms with van der Waals surface area (Å²) >= 11 is 0. The lowest BCUT2D eigenvalue weighted by atomic mass is 9.67. The van der Waals surface area contributed by atoms with Crippen molar-refractivity contribution in [1.82, 2.24) is 0 Å². The summed E-state index contributed by atoms with van der Waals surface area (Å²) < 4.78 is 6.21. The van der Waals surface area contributed by atoms with E-state index in [9.17, 15) is 4.79 Å². The van der Waals surface area contributed by atoms with Gasteiger partial charge in [-0.1, -0.05) is 88.1 Å². The second-order valence-corrected chi connectivity index (χ2v) is 7.71. The third-order valence-corrected chi connectivity index (χ3v) is 5.99. The van der Waals surface area contributed by atoms with Crippen molar-refractivity contribution in [3.8, 4) is 11.1 Å². The van der Waals surface area contributed by atoms with Crippen LogP contribution in [-0.2, 0) is 14.9 Å². The zero-order valence-corrected chi connectivity index (χ0v) is 16.7. The van der Waals surface area contributed by atoms with E-state index in [1.54, 1.807) is 0 Å². The van der Waals surface area contributed by atoms with E-state index in [0.29, 0.717) is 6.61 Å². The Morgan fingerprint density at radius 1 is 0.889 bits per heavy atom. The molecule has 0 spiro atoms. The highest BCUT2D eigenvalue weighted by Crippen LogP contribution is 2.53. The molecule has 0 amide bonds. The van der Waals surface area contributed by atoms with Crippen molar-refractivity contribution >= 4 is 6.29 Å². The normalized spacial score (nSPS) is 15.2. The first-order valence-electron chi connectivity index (χ1n) is 10.5. The molecule has 0 saturated heterocycles. The summed E-state index contributed by atoms with van der Waals surface area (Å²) in [6, 6.07) is 17.2. The minimum Gasteiger partial charge on any atom is -0.380 e. The third-order valence-electron chi connectivity index (χ3n) is 5.99. The minimum absolute atomic E-state index is 0.0597. The predicted molar refractivity (Wildman–Crippen MR) is 112 cm³/mol. The van der Waals surface area contributed by atoms with Crippen molar-refractivity contribution in [2.45, 2.75) is 57.8 Å². The molecule has 2 aromatic rings. The first kappa shape index (κ1) is 19.8. The number of carbonyl (C=O) groups is 1. The molecule has 0 saturated carbocycles. The zero-order chi connectivity index (χ0) is 19.1. The number of ether oxygens (including phenoxy) is 1. The Labute approximate surface area is 164 Å².